The molecule has 0 bridgehead atoms. The number of carbonyl (C=O) groups is 4. The first-order chi connectivity index (χ1) is 26.6. The van der Waals surface area contributed by atoms with Crippen molar-refractivity contribution in [3.63, 3.8) is 0 Å². The lowest BCUT2D eigenvalue weighted by Gasteiger charge is -2.27. The van der Waals surface area contributed by atoms with Gasteiger partial charge in [0.1, 0.15) is 22.4 Å². The average Bonchev–Trinajstić information content (AvgIpc) is 3.45. The number of carbonyl (C=O) groups excluding carboxylic acids is 4. The quantitative estimate of drug-likeness (QED) is 0.191. The summed E-state index contributed by atoms with van der Waals surface area (Å²) in [7, 11) is 0. The smallest absolute Gasteiger partial charge is 0.415 e. The molecular formula is C36H49BrN8O12. The van der Waals surface area contributed by atoms with Gasteiger partial charge in [-0.1, -0.05) is 0 Å². The SMILES string of the molecule is CC(C)(C)OC(=O)N1CCCC2(CC1)CN(c1ccc([N+](=O)[O-])nc1)C(=O)O2.CC(C)(C)OC(=O)N1CCCC2(CC1)CNC(=O)O2.O=[N+]([O-])c1ccc(Br)cn1. The molecule has 4 aliphatic heterocycles. The second-order valence-electron chi connectivity index (χ2n) is 15.9. The minimum Gasteiger partial charge on any atom is -0.444 e. The van der Waals surface area contributed by atoms with Crippen molar-refractivity contribution in [3.8, 4) is 0 Å². The number of ether oxygens (including phenoxy) is 4. The molecule has 4 saturated heterocycles. The van der Waals surface area contributed by atoms with Gasteiger partial charge in [-0.25, -0.2) is 19.2 Å². The Morgan fingerprint density at radius 1 is 0.772 bits per heavy atom. The molecular weight excluding hydrogens is 816 g/mol. The number of hydrogen-bond acceptors (Lipinski definition) is 14. The van der Waals surface area contributed by atoms with Crippen molar-refractivity contribution < 1.29 is 48.0 Å². The third kappa shape index (κ3) is 13.1. The molecule has 0 saturated carbocycles. The highest BCUT2D eigenvalue weighted by atomic mass is 79.9. The van der Waals surface area contributed by atoms with Crippen LogP contribution < -0.4 is 10.2 Å². The molecule has 2 unspecified atom stereocenters. The summed E-state index contributed by atoms with van der Waals surface area (Å²) in [5.74, 6) is -0.420. The number of hydrogen-bond donors (Lipinski definition) is 1. The second-order valence-corrected chi connectivity index (χ2v) is 16.8. The van der Waals surface area contributed by atoms with Crippen LogP contribution in [-0.4, -0.2) is 116 Å². The molecule has 21 heteroatoms. The number of halogens is 1. The minimum atomic E-state index is -0.699. The molecule has 20 nitrogen and oxygen atoms in total. The Morgan fingerprint density at radius 2 is 1.28 bits per heavy atom. The second kappa shape index (κ2) is 18.3. The maximum absolute atomic E-state index is 12.4. The first-order valence-electron chi connectivity index (χ1n) is 18.4. The molecule has 0 aromatic carbocycles. The summed E-state index contributed by atoms with van der Waals surface area (Å²) < 4.78 is 22.6. The maximum atomic E-state index is 12.4. The molecule has 312 valence electrons. The Bertz CT molecular complexity index is 1790. The Hall–Kier alpha value is -5.34. The van der Waals surface area contributed by atoms with Gasteiger partial charge in [-0.05, 0) is 115 Å². The van der Waals surface area contributed by atoms with Crippen LogP contribution in [-0.2, 0) is 18.9 Å². The van der Waals surface area contributed by atoms with Gasteiger partial charge in [0.05, 0.1) is 23.2 Å². The summed E-state index contributed by atoms with van der Waals surface area (Å²) in [4.78, 5) is 79.7. The van der Waals surface area contributed by atoms with Crippen LogP contribution in [0.3, 0.4) is 0 Å². The van der Waals surface area contributed by atoms with Crippen LogP contribution in [0.2, 0.25) is 0 Å². The molecule has 6 rings (SSSR count). The number of nitrogens with zero attached hydrogens (tertiary/aromatic N) is 7. The molecule has 4 fully saturated rings. The zero-order chi connectivity index (χ0) is 42.2. The Balaban J connectivity index is 0.000000213. The van der Waals surface area contributed by atoms with Crippen molar-refractivity contribution in [1.82, 2.24) is 25.1 Å². The van der Waals surface area contributed by atoms with E-state index in [1.54, 1.807) is 15.9 Å². The van der Waals surface area contributed by atoms with Gasteiger partial charge in [0, 0.05) is 51.2 Å². The van der Waals surface area contributed by atoms with E-state index in [2.05, 4.69) is 31.2 Å². The van der Waals surface area contributed by atoms with Crippen LogP contribution >= 0.6 is 15.9 Å². The lowest BCUT2D eigenvalue weighted by Crippen LogP contribution is -2.39. The largest absolute Gasteiger partial charge is 0.444 e. The first-order valence-corrected chi connectivity index (χ1v) is 19.2. The topological polar surface area (TPSA) is 239 Å². The normalized spacial score (nSPS) is 22.1. The van der Waals surface area contributed by atoms with Crippen LogP contribution in [0.1, 0.15) is 80.1 Å². The number of nitrogens with one attached hydrogen (secondary N) is 1. The zero-order valence-electron chi connectivity index (χ0n) is 32.9. The van der Waals surface area contributed by atoms with Crippen molar-refractivity contribution in [3.05, 3.63) is 61.4 Å². The predicted molar refractivity (Wildman–Crippen MR) is 207 cm³/mol. The third-order valence-corrected chi connectivity index (χ3v) is 9.53. The first kappa shape index (κ1) is 44.4. The van der Waals surface area contributed by atoms with E-state index in [1.807, 2.05) is 41.5 Å². The van der Waals surface area contributed by atoms with Crippen LogP contribution in [0.25, 0.3) is 0 Å². The number of amides is 4. The summed E-state index contributed by atoms with van der Waals surface area (Å²) in [6.45, 7) is 14.0. The van der Waals surface area contributed by atoms with Gasteiger partial charge in [0.25, 0.3) is 0 Å². The summed E-state index contributed by atoms with van der Waals surface area (Å²) in [6, 6.07) is 5.65. The fraction of sp³-hybridized carbons (Fsp3) is 0.611. The number of alkyl carbamates (subject to hydrolysis) is 1. The Kier molecular flexibility index (Phi) is 14.2. The third-order valence-electron chi connectivity index (χ3n) is 9.06. The van der Waals surface area contributed by atoms with Gasteiger partial charge in [-0.15, -0.1) is 0 Å². The lowest BCUT2D eigenvalue weighted by atomic mass is 9.95. The highest BCUT2D eigenvalue weighted by Gasteiger charge is 2.47. The zero-order valence-corrected chi connectivity index (χ0v) is 34.4. The van der Waals surface area contributed by atoms with Gasteiger partial charge in [-0.2, -0.15) is 0 Å². The molecule has 2 spiro atoms. The van der Waals surface area contributed by atoms with Crippen molar-refractivity contribution in [1.29, 1.82) is 0 Å². The van der Waals surface area contributed by atoms with E-state index in [1.165, 1.54) is 35.5 Å². The molecule has 4 aliphatic rings. The predicted octanol–water partition coefficient (Wildman–Crippen LogP) is 6.74. The van der Waals surface area contributed by atoms with Crippen LogP contribution in [0.4, 0.5) is 36.5 Å². The summed E-state index contributed by atoms with van der Waals surface area (Å²) in [6.07, 6.45) is 5.20. The van der Waals surface area contributed by atoms with E-state index < -0.39 is 38.3 Å². The Labute approximate surface area is 338 Å². The van der Waals surface area contributed by atoms with Gasteiger partial charge in [-0.3, -0.25) is 4.90 Å². The van der Waals surface area contributed by atoms with E-state index in [0.29, 0.717) is 70.6 Å². The van der Waals surface area contributed by atoms with E-state index in [0.717, 1.165) is 17.3 Å². The fourth-order valence-electron chi connectivity index (χ4n) is 6.34. The molecule has 2 aromatic rings. The minimum absolute atomic E-state index is 0.136. The number of anilines is 1. The summed E-state index contributed by atoms with van der Waals surface area (Å²) in [5, 5.41) is 23.5. The number of likely N-dealkylation sites (tertiary alicyclic amines) is 2. The number of pyridine rings is 2. The van der Waals surface area contributed by atoms with E-state index in [9.17, 15) is 39.4 Å². The summed E-state index contributed by atoms with van der Waals surface area (Å²) in [5.41, 5.74) is -1.74. The molecule has 6 heterocycles. The van der Waals surface area contributed by atoms with Gasteiger partial charge in [0.15, 0.2) is 12.4 Å². The highest BCUT2D eigenvalue weighted by molar-refractivity contribution is 9.10. The maximum Gasteiger partial charge on any atom is 0.415 e. The van der Waals surface area contributed by atoms with Crippen molar-refractivity contribution in [2.24, 2.45) is 0 Å². The van der Waals surface area contributed by atoms with E-state index >= 15 is 0 Å². The van der Waals surface area contributed by atoms with Gasteiger partial charge < -0.3 is 54.3 Å². The van der Waals surface area contributed by atoms with Gasteiger partial charge in [0.2, 0.25) is 0 Å². The molecule has 0 aliphatic carbocycles. The molecule has 57 heavy (non-hydrogen) atoms. The Morgan fingerprint density at radius 3 is 1.72 bits per heavy atom. The standard InChI is InChI=1S/C18H24N4O6.C13H22N2O4.C5H3BrN2O2/c1-17(2,3)27-15(23)20-9-4-7-18(8-10-20)12-21(16(24)28-18)13-5-6-14(19-11-13)22(25)26;1-12(2,3)19-11(17)15-7-4-5-13(6-8-15)9-14-10(16)18-13;6-4-1-2-5(7-3-4)8(9)10/h5-6,11H,4,7-10,12H2,1-3H3;4-9H2,1-3H3,(H,14,16);1-3H. The average molecular weight is 866 g/mol. The fourth-order valence-corrected chi connectivity index (χ4v) is 6.57. The number of rotatable bonds is 3. The molecule has 0 radical (unpaired) electrons. The number of aromatic nitrogens is 2. The molecule has 2 atom stereocenters. The number of nitro groups is 2. The van der Waals surface area contributed by atoms with Gasteiger partial charge >= 0.3 is 36.0 Å². The van der Waals surface area contributed by atoms with Crippen molar-refractivity contribution >= 4 is 57.6 Å². The van der Waals surface area contributed by atoms with Crippen LogP contribution in [0.15, 0.2) is 41.1 Å². The van der Waals surface area contributed by atoms with E-state index in [-0.39, 0.29) is 29.9 Å². The van der Waals surface area contributed by atoms with E-state index in [4.69, 9.17) is 18.9 Å². The van der Waals surface area contributed by atoms with Crippen LogP contribution in [0.5, 0.6) is 0 Å². The van der Waals surface area contributed by atoms with Crippen LogP contribution in [0, 0.1) is 20.2 Å². The van der Waals surface area contributed by atoms with Crippen molar-refractivity contribution in [2.45, 2.75) is 102 Å². The summed E-state index contributed by atoms with van der Waals surface area (Å²) >= 11 is 3.11. The molecule has 2 aromatic heterocycles. The monoisotopic (exact) mass is 864 g/mol. The molecule has 1 N–H and O–H groups in total. The molecule has 4 amide bonds. The lowest BCUT2D eigenvalue weighted by molar-refractivity contribution is -0.389. The highest BCUT2D eigenvalue weighted by Crippen LogP contribution is 2.36. The van der Waals surface area contributed by atoms with Crippen molar-refractivity contribution in [2.75, 3.05) is 44.2 Å².